The Kier molecular flexibility index (Phi) is 5.13. The lowest BCUT2D eigenvalue weighted by Gasteiger charge is -2.30. The number of nitrogens with one attached hydrogen (secondary N) is 2. The maximum absolute atomic E-state index is 13.5. The first-order chi connectivity index (χ1) is 14.6. The van der Waals surface area contributed by atoms with Crippen LogP contribution < -0.4 is 10.6 Å². The lowest BCUT2D eigenvalue weighted by Crippen LogP contribution is -2.26. The molecule has 0 aromatic heterocycles. The van der Waals surface area contributed by atoms with Crippen LogP contribution >= 0.6 is 27.5 Å². The maximum Gasteiger partial charge on any atom is 0.163 e. The minimum Gasteiger partial charge on any atom is -0.372 e. The van der Waals surface area contributed by atoms with Crippen LogP contribution in [-0.2, 0) is 4.79 Å². The maximum atomic E-state index is 13.5. The van der Waals surface area contributed by atoms with Gasteiger partial charge in [0, 0.05) is 27.2 Å². The summed E-state index contributed by atoms with van der Waals surface area (Å²) in [6.07, 6.45) is 1.27. The first-order valence-corrected chi connectivity index (χ1v) is 11.2. The van der Waals surface area contributed by atoms with Gasteiger partial charge in [-0.3, -0.25) is 4.79 Å². The Labute approximate surface area is 189 Å². The van der Waals surface area contributed by atoms with Gasteiger partial charge in [-0.25, -0.2) is 0 Å². The number of hydrogen-bond acceptors (Lipinski definition) is 3. The number of allylic oxidation sites excluding steroid dienone is 1. The number of fused-ring (bicyclic) bond motifs is 1. The van der Waals surface area contributed by atoms with Crippen LogP contribution in [0.25, 0.3) is 0 Å². The molecule has 3 aromatic carbocycles. The molecule has 1 heterocycles. The van der Waals surface area contributed by atoms with Crippen molar-refractivity contribution in [3.05, 3.63) is 105 Å². The average Bonchev–Trinajstić information content (AvgIpc) is 2.91. The van der Waals surface area contributed by atoms with Gasteiger partial charge in [0.2, 0.25) is 0 Å². The van der Waals surface area contributed by atoms with E-state index in [1.165, 1.54) is 0 Å². The number of halogens is 2. The molecule has 0 saturated heterocycles. The molecule has 0 saturated carbocycles. The predicted octanol–water partition coefficient (Wildman–Crippen LogP) is 7.08. The van der Waals surface area contributed by atoms with Gasteiger partial charge in [-0.05, 0) is 59.9 Å². The molecule has 150 valence electrons. The normalized spacial score (nSPS) is 20.5. The summed E-state index contributed by atoms with van der Waals surface area (Å²) in [5.41, 5.74) is 6.02. The Bertz CT molecular complexity index is 1160. The molecular formula is C25H20BrClN2O. The molecule has 2 unspecified atom stereocenters. The number of anilines is 2. The van der Waals surface area contributed by atoms with Crippen molar-refractivity contribution in [2.45, 2.75) is 24.8 Å². The number of Topliss-reactive ketones (excluding diaryl/α,β-unsaturated/α-hetero) is 1. The molecular weight excluding hydrogens is 460 g/mol. The molecule has 2 atom stereocenters. The third-order valence-corrected chi connectivity index (χ3v) is 6.58. The Balaban J connectivity index is 1.61. The molecule has 3 nitrogen and oxygen atoms in total. The first kappa shape index (κ1) is 19.4. The quantitative estimate of drug-likeness (QED) is 0.412. The second kappa shape index (κ2) is 7.93. The number of benzene rings is 3. The number of hydrogen-bond donors (Lipinski definition) is 2. The molecule has 1 aliphatic carbocycles. The molecule has 0 fully saturated rings. The Morgan fingerprint density at radius 3 is 2.40 bits per heavy atom. The lowest BCUT2D eigenvalue weighted by molar-refractivity contribution is -0.116. The second-order valence-electron chi connectivity index (χ2n) is 7.78. The van der Waals surface area contributed by atoms with Crippen LogP contribution in [0.2, 0.25) is 5.02 Å². The number of rotatable bonds is 2. The molecule has 0 bridgehead atoms. The van der Waals surface area contributed by atoms with E-state index in [-0.39, 0.29) is 17.7 Å². The molecule has 0 radical (unpaired) electrons. The van der Waals surface area contributed by atoms with E-state index >= 15 is 0 Å². The fourth-order valence-electron chi connectivity index (χ4n) is 4.40. The standard InChI is InChI=1S/C25H20BrClN2O/c26-18-5-3-4-16(12-18)25-24-22(28-20-6-1-2-7-21(20)29-25)13-17(14-23(24)30)15-8-10-19(27)11-9-15/h1-12,17,25,28-29H,13-14H2. The minimum atomic E-state index is -0.202. The van der Waals surface area contributed by atoms with Crippen molar-refractivity contribution in [1.82, 2.24) is 0 Å². The van der Waals surface area contributed by atoms with Crippen molar-refractivity contribution in [2.24, 2.45) is 0 Å². The third-order valence-electron chi connectivity index (χ3n) is 5.83. The molecule has 1 aliphatic heterocycles. The van der Waals surface area contributed by atoms with Crippen molar-refractivity contribution in [1.29, 1.82) is 0 Å². The van der Waals surface area contributed by atoms with Gasteiger partial charge in [-0.1, -0.05) is 63.9 Å². The molecule has 0 spiro atoms. The van der Waals surface area contributed by atoms with Gasteiger partial charge in [0.15, 0.2) is 5.78 Å². The highest BCUT2D eigenvalue weighted by molar-refractivity contribution is 9.10. The van der Waals surface area contributed by atoms with Crippen LogP contribution in [0.3, 0.4) is 0 Å². The molecule has 3 aromatic rings. The van der Waals surface area contributed by atoms with Gasteiger partial charge in [0.1, 0.15) is 0 Å². The van der Waals surface area contributed by atoms with Crippen molar-refractivity contribution >= 4 is 44.7 Å². The average molecular weight is 480 g/mol. The van der Waals surface area contributed by atoms with Crippen molar-refractivity contribution in [3.8, 4) is 0 Å². The third kappa shape index (κ3) is 3.66. The van der Waals surface area contributed by atoms with Crippen molar-refractivity contribution in [3.63, 3.8) is 0 Å². The van der Waals surface area contributed by atoms with Gasteiger partial charge in [-0.2, -0.15) is 0 Å². The highest BCUT2D eigenvalue weighted by atomic mass is 79.9. The van der Waals surface area contributed by atoms with Crippen LogP contribution in [0.5, 0.6) is 0 Å². The molecule has 2 N–H and O–H groups in total. The Morgan fingerprint density at radius 1 is 0.867 bits per heavy atom. The summed E-state index contributed by atoms with van der Waals surface area (Å²) >= 11 is 9.64. The van der Waals surface area contributed by atoms with E-state index in [4.69, 9.17) is 11.6 Å². The summed E-state index contributed by atoms with van der Waals surface area (Å²) in [6, 6.07) is 23.9. The Morgan fingerprint density at radius 2 is 1.63 bits per heavy atom. The Hall–Kier alpha value is -2.56. The van der Waals surface area contributed by atoms with E-state index in [2.05, 4.69) is 38.7 Å². The molecule has 2 aliphatic rings. The number of carbonyl (C=O) groups excluding carboxylic acids is 1. The summed E-state index contributed by atoms with van der Waals surface area (Å²) in [6.45, 7) is 0. The van der Waals surface area contributed by atoms with Gasteiger partial charge in [0.05, 0.1) is 17.4 Å². The van der Waals surface area contributed by atoms with Crippen LogP contribution in [0.4, 0.5) is 11.4 Å². The van der Waals surface area contributed by atoms with Gasteiger partial charge in [-0.15, -0.1) is 0 Å². The van der Waals surface area contributed by atoms with E-state index in [0.29, 0.717) is 11.4 Å². The first-order valence-electron chi connectivity index (χ1n) is 9.98. The molecule has 5 rings (SSSR count). The number of ketones is 1. The lowest BCUT2D eigenvalue weighted by atomic mass is 9.78. The number of para-hydroxylation sites is 2. The van der Waals surface area contributed by atoms with E-state index < -0.39 is 0 Å². The van der Waals surface area contributed by atoms with E-state index in [0.717, 1.165) is 44.7 Å². The molecule has 30 heavy (non-hydrogen) atoms. The monoisotopic (exact) mass is 478 g/mol. The van der Waals surface area contributed by atoms with E-state index in [1.54, 1.807) is 0 Å². The fraction of sp³-hybridized carbons (Fsp3) is 0.160. The summed E-state index contributed by atoms with van der Waals surface area (Å²) in [5.74, 6) is 0.309. The summed E-state index contributed by atoms with van der Waals surface area (Å²) < 4.78 is 0.997. The van der Waals surface area contributed by atoms with Crippen molar-refractivity contribution in [2.75, 3.05) is 10.6 Å². The molecule has 5 heteroatoms. The van der Waals surface area contributed by atoms with Crippen LogP contribution in [-0.4, -0.2) is 5.78 Å². The SMILES string of the molecule is O=C1CC(c2ccc(Cl)cc2)CC2=C1C(c1cccc(Br)c1)Nc1ccccc1N2. The topological polar surface area (TPSA) is 41.1 Å². The number of carbonyl (C=O) groups is 1. The van der Waals surface area contributed by atoms with Crippen molar-refractivity contribution < 1.29 is 4.79 Å². The largest absolute Gasteiger partial charge is 0.372 e. The molecule has 0 amide bonds. The highest BCUT2D eigenvalue weighted by Gasteiger charge is 2.36. The summed E-state index contributed by atoms with van der Waals surface area (Å²) in [4.78, 5) is 13.5. The minimum absolute atomic E-state index is 0.134. The van der Waals surface area contributed by atoms with Crippen LogP contribution in [0, 0.1) is 0 Å². The fourth-order valence-corrected chi connectivity index (χ4v) is 4.94. The smallest absolute Gasteiger partial charge is 0.163 e. The second-order valence-corrected chi connectivity index (χ2v) is 9.13. The summed E-state index contributed by atoms with van der Waals surface area (Å²) in [7, 11) is 0. The van der Waals surface area contributed by atoms with Gasteiger partial charge >= 0.3 is 0 Å². The summed E-state index contributed by atoms with van der Waals surface area (Å²) in [5, 5.41) is 7.90. The van der Waals surface area contributed by atoms with Crippen LogP contribution in [0.1, 0.15) is 35.9 Å². The van der Waals surface area contributed by atoms with Gasteiger partial charge < -0.3 is 10.6 Å². The van der Waals surface area contributed by atoms with Gasteiger partial charge in [0.25, 0.3) is 0 Å². The predicted molar refractivity (Wildman–Crippen MR) is 126 cm³/mol. The van der Waals surface area contributed by atoms with E-state index in [1.807, 2.05) is 60.7 Å². The zero-order valence-corrected chi connectivity index (χ0v) is 18.5. The zero-order chi connectivity index (χ0) is 20.7. The zero-order valence-electron chi connectivity index (χ0n) is 16.2. The van der Waals surface area contributed by atoms with Crippen LogP contribution in [0.15, 0.2) is 88.5 Å². The van der Waals surface area contributed by atoms with E-state index in [9.17, 15) is 4.79 Å². The highest BCUT2D eigenvalue weighted by Crippen LogP contribution is 2.44.